The molecule has 1 aromatic rings. The molecule has 1 N–H and O–H groups in total. The van der Waals surface area contributed by atoms with Gasteiger partial charge in [0.05, 0.1) is 4.92 Å². The first-order valence-corrected chi connectivity index (χ1v) is 5.06. The fraction of sp³-hybridized carbons (Fsp3) is 0. The van der Waals surface area contributed by atoms with Crippen LogP contribution in [0.1, 0.15) is 0 Å². The SMILES string of the molecule is N#CC(C#N)=C(C#N)Nc1cc(Cl)ccc1[N+](=O)[O-]. The van der Waals surface area contributed by atoms with Gasteiger partial charge in [-0.25, -0.2) is 0 Å². The first-order chi connectivity index (χ1) is 9.03. The Morgan fingerprint density at radius 2 is 1.89 bits per heavy atom. The molecular weight excluding hydrogens is 270 g/mol. The molecule has 1 aromatic carbocycles. The average Bonchev–Trinajstić information content (AvgIpc) is 2.38. The molecule has 0 fully saturated rings. The van der Waals surface area contributed by atoms with E-state index in [-0.39, 0.29) is 22.1 Å². The second-order valence-corrected chi connectivity index (χ2v) is 3.57. The molecule has 0 unspecified atom stereocenters. The fourth-order valence-electron chi connectivity index (χ4n) is 1.19. The van der Waals surface area contributed by atoms with Crippen LogP contribution in [0.3, 0.4) is 0 Å². The molecule has 0 amide bonds. The molecule has 0 bridgehead atoms. The van der Waals surface area contributed by atoms with Gasteiger partial charge in [-0.05, 0) is 12.1 Å². The van der Waals surface area contributed by atoms with Crippen molar-refractivity contribution in [2.45, 2.75) is 0 Å². The maximum atomic E-state index is 10.8. The van der Waals surface area contributed by atoms with E-state index in [1.807, 2.05) is 0 Å². The third-order valence-electron chi connectivity index (χ3n) is 2.00. The van der Waals surface area contributed by atoms with Crippen molar-refractivity contribution < 1.29 is 4.92 Å². The summed E-state index contributed by atoms with van der Waals surface area (Å²) >= 11 is 5.70. The quantitative estimate of drug-likeness (QED) is 0.512. The van der Waals surface area contributed by atoms with Gasteiger partial charge in [0, 0.05) is 11.1 Å². The Morgan fingerprint density at radius 1 is 1.26 bits per heavy atom. The number of nitrogens with zero attached hydrogens (tertiary/aromatic N) is 4. The topological polar surface area (TPSA) is 127 Å². The van der Waals surface area contributed by atoms with Gasteiger partial charge < -0.3 is 5.32 Å². The molecule has 19 heavy (non-hydrogen) atoms. The monoisotopic (exact) mass is 273 g/mol. The van der Waals surface area contributed by atoms with E-state index in [2.05, 4.69) is 5.32 Å². The number of rotatable bonds is 3. The number of nitriles is 3. The molecule has 0 heterocycles. The van der Waals surface area contributed by atoms with Crippen molar-refractivity contribution in [3.63, 3.8) is 0 Å². The number of nitro benzene ring substituents is 1. The van der Waals surface area contributed by atoms with Gasteiger partial charge in [-0.2, -0.15) is 15.8 Å². The normalized spacial score (nSPS) is 8.53. The van der Waals surface area contributed by atoms with Crippen LogP contribution in [0.2, 0.25) is 5.02 Å². The summed E-state index contributed by atoms with van der Waals surface area (Å²) in [6.45, 7) is 0. The highest BCUT2D eigenvalue weighted by Gasteiger charge is 2.16. The van der Waals surface area contributed by atoms with Crippen molar-refractivity contribution in [2.75, 3.05) is 5.32 Å². The highest BCUT2D eigenvalue weighted by atomic mass is 35.5. The number of hydrogen-bond acceptors (Lipinski definition) is 6. The van der Waals surface area contributed by atoms with Gasteiger partial charge in [-0.3, -0.25) is 10.1 Å². The third-order valence-corrected chi connectivity index (χ3v) is 2.24. The van der Waals surface area contributed by atoms with Crippen molar-refractivity contribution in [1.29, 1.82) is 15.8 Å². The molecule has 1 rings (SSSR count). The molecule has 0 saturated carbocycles. The van der Waals surface area contributed by atoms with Gasteiger partial charge >= 0.3 is 0 Å². The molecule has 0 radical (unpaired) electrons. The summed E-state index contributed by atoms with van der Waals surface area (Å²) in [4.78, 5) is 10.1. The number of nitro groups is 1. The van der Waals surface area contributed by atoms with E-state index >= 15 is 0 Å². The maximum Gasteiger partial charge on any atom is 0.292 e. The lowest BCUT2D eigenvalue weighted by Crippen LogP contribution is -2.03. The summed E-state index contributed by atoms with van der Waals surface area (Å²) in [5.74, 6) is 0. The molecular formula is C11H4ClN5O2. The van der Waals surface area contributed by atoms with Crippen LogP contribution >= 0.6 is 11.6 Å². The molecule has 0 saturated heterocycles. The summed E-state index contributed by atoms with van der Waals surface area (Å²) < 4.78 is 0. The number of halogens is 1. The molecule has 0 spiro atoms. The van der Waals surface area contributed by atoms with E-state index < -0.39 is 10.5 Å². The Kier molecular flexibility index (Phi) is 4.43. The van der Waals surface area contributed by atoms with Gasteiger partial charge in [0.25, 0.3) is 5.69 Å². The molecule has 0 aliphatic heterocycles. The highest BCUT2D eigenvalue weighted by Crippen LogP contribution is 2.29. The second-order valence-electron chi connectivity index (χ2n) is 3.13. The minimum absolute atomic E-state index is 0.0722. The van der Waals surface area contributed by atoms with E-state index in [1.54, 1.807) is 6.07 Å². The Morgan fingerprint density at radius 3 is 2.37 bits per heavy atom. The van der Waals surface area contributed by atoms with Crippen LogP contribution in [-0.2, 0) is 0 Å². The van der Waals surface area contributed by atoms with E-state index in [0.29, 0.717) is 0 Å². The van der Waals surface area contributed by atoms with E-state index in [9.17, 15) is 10.1 Å². The zero-order chi connectivity index (χ0) is 14.4. The summed E-state index contributed by atoms with van der Waals surface area (Å²) in [6, 6.07) is 8.32. The average molecular weight is 274 g/mol. The van der Waals surface area contributed by atoms with Crippen LogP contribution in [0, 0.1) is 44.1 Å². The number of nitrogens with one attached hydrogen (secondary N) is 1. The summed E-state index contributed by atoms with van der Waals surface area (Å²) in [5.41, 5.74) is -1.25. The van der Waals surface area contributed by atoms with Crippen molar-refractivity contribution in [1.82, 2.24) is 0 Å². The van der Waals surface area contributed by atoms with Gasteiger partial charge in [0.15, 0.2) is 5.57 Å². The van der Waals surface area contributed by atoms with Crippen LogP contribution in [0.4, 0.5) is 11.4 Å². The Bertz CT molecular complexity index is 675. The predicted molar refractivity (Wildman–Crippen MR) is 65.6 cm³/mol. The lowest BCUT2D eigenvalue weighted by atomic mass is 10.2. The van der Waals surface area contributed by atoms with Crippen LogP contribution < -0.4 is 5.32 Å². The smallest absolute Gasteiger partial charge is 0.292 e. The van der Waals surface area contributed by atoms with Crippen molar-refractivity contribution in [2.24, 2.45) is 0 Å². The van der Waals surface area contributed by atoms with Crippen molar-refractivity contribution in [3.8, 4) is 18.2 Å². The molecule has 8 heteroatoms. The number of benzene rings is 1. The summed E-state index contributed by atoms with van der Waals surface area (Å²) in [6.07, 6.45) is 0. The zero-order valence-corrected chi connectivity index (χ0v) is 9.97. The summed E-state index contributed by atoms with van der Waals surface area (Å²) in [7, 11) is 0. The molecule has 0 aliphatic carbocycles. The minimum atomic E-state index is -0.675. The molecule has 0 aromatic heterocycles. The van der Waals surface area contributed by atoms with Gasteiger partial charge in [-0.15, -0.1) is 0 Å². The van der Waals surface area contributed by atoms with Crippen LogP contribution in [0.25, 0.3) is 0 Å². The van der Waals surface area contributed by atoms with E-state index in [1.165, 1.54) is 24.3 Å². The number of anilines is 1. The van der Waals surface area contributed by atoms with E-state index in [0.717, 1.165) is 6.07 Å². The second kappa shape index (κ2) is 6.02. The van der Waals surface area contributed by atoms with Crippen molar-refractivity contribution in [3.05, 3.63) is 44.6 Å². The fourth-order valence-corrected chi connectivity index (χ4v) is 1.36. The Balaban J connectivity index is 3.35. The molecule has 0 atom stereocenters. The minimum Gasteiger partial charge on any atom is -0.339 e. The summed E-state index contributed by atoms with van der Waals surface area (Å²) in [5, 5.41) is 39.5. The van der Waals surface area contributed by atoms with Crippen LogP contribution in [0.15, 0.2) is 29.5 Å². The van der Waals surface area contributed by atoms with Gasteiger partial charge in [-0.1, -0.05) is 11.6 Å². The van der Waals surface area contributed by atoms with Gasteiger partial charge in [0.2, 0.25) is 0 Å². The first-order valence-electron chi connectivity index (χ1n) is 4.69. The predicted octanol–water partition coefficient (Wildman–Crippen LogP) is 2.48. The highest BCUT2D eigenvalue weighted by molar-refractivity contribution is 6.31. The lowest BCUT2D eigenvalue weighted by Gasteiger charge is -2.05. The standard InChI is InChI=1S/C11H4ClN5O2/c12-8-1-2-11(17(18)19)9(3-8)16-10(6-15)7(4-13)5-14/h1-3,16H. The van der Waals surface area contributed by atoms with Crippen molar-refractivity contribution >= 4 is 23.0 Å². The van der Waals surface area contributed by atoms with E-state index in [4.69, 9.17) is 27.4 Å². The van der Waals surface area contributed by atoms with Gasteiger partial charge in [0.1, 0.15) is 29.6 Å². The first kappa shape index (κ1) is 14.0. The molecule has 7 nitrogen and oxygen atoms in total. The van der Waals surface area contributed by atoms with Crippen LogP contribution in [0.5, 0.6) is 0 Å². The Hall–Kier alpha value is -3.08. The molecule has 0 aliphatic rings. The maximum absolute atomic E-state index is 10.8. The largest absolute Gasteiger partial charge is 0.339 e. The van der Waals surface area contributed by atoms with Crippen LogP contribution in [-0.4, -0.2) is 4.92 Å². The third kappa shape index (κ3) is 3.19. The Labute approximate surface area is 112 Å². The zero-order valence-electron chi connectivity index (χ0n) is 9.22. The number of hydrogen-bond donors (Lipinski definition) is 1. The molecule has 92 valence electrons. The number of allylic oxidation sites excluding steroid dienone is 2. The lowest BCUT2D eigenvalue weighted by molar-refractivity contribution is -0.383.